The molecule has 0 spiro atoms. The predicted molar refractivity (Wildman–Crippen MR) is 61.6 cm³/mol. The van der Waals surface area contributed by atoms with Gasteiger partial charge in [0.1, 0.15) is 5.82 Å². The summed E-state index contributed by atoms with van der Waals surface area (Å²) in [7, 11) is 0. The van der Waals surface area contributed by atoms with Crippen LogP contribution in [0.25, 0.3) is 0 Å². The lowest BCUT2D eigenvalue weighted by atomic mass is 9.96. The molecule has 2 rings (SSSR count). The Kier molecular flexibility index (Phi) is 5.98. The zero-order valence-corrected chi connectivity index (χ0v) is 10.0. The van der Waals surface area contributed by atoms with Crippen molar-refractivity contribution in [1.82, 2.24) is 0 Å². The Bertz CT molecular complexity index is 411. The van der Waals surface area contributed by atoms with Crippen LogP contribution in [-0.2, 0) is 4.79 Å². The highest BCUT2D eigenvalue weighted by Gasteiger charge is 2.22. The van der Waals surface area contributed by atoms with E-state index in [-0.39, 0.29) is 24.0 Å². The van der Waals surface area contributed by atoms with Crippen LogP contribution in [0.2, 0.25) is 0 Å². The third-order valence-electron chi connectivity index (χ3n) is 2.47. The minimum atomic E-state index is -2.94. The van der Waals surface area contributed by atoms with Crippen LogP contribution in [0.1, 0.15) is 19.3 Å². The second-order valence-electron chi connectivity index (χ2n) is 3.78. The highest BCUT2D eigenvalue weighted by atomic mass is 19.3. The van der Waals surface area contributed by atoms with E-state index in [9.17, 15) is 13.2 Å². The fraction of sp³-hybridized carbons (Fsp3) is 0.417. The van der Waals surface area contributed by atoms with Gasteiger partial charge in [0.15, 0.2) is 11.5 Å². The van der Waals surface area contributed by atoms with E-state index < -0.39 is 12.4 Å². The molecule has 1 aromatic carbocycles. The van der Waals surface area contributed by atoms with Crippen LogP contribution in [0.5, 0.6) is 11.5 Å². The van der Waals surface area contributed by atoms with Crippen LogP contribution in [-0.4, -0.2) is 19.1 Å². The van der Waals surface area contributed by atoms with E-state index in [1.807, 2.05) is 0 Å². The average Bonchev–Trinajstić information content (AvgIpc) is 2.27. The lowest BCUT2D eigenvalue weighted by Gasteiger charge is -2.27. The highest BCUT2D eigenvalue weighted by Crippen LogP contribution is 2.33. The Morgan fingerprint density at radius 2 is 1.95 bits per heavy atom. The number of carbonyl (C=O) groups excluding carboxylic acids is 1. The molecule has 0 saturated heterocycles. The molecule has 1 aliphatic rings. The molecule has 1 amide bonds. The minimum Gasteiger partial charge on any atom is -0.486 e. The van der Waals surface area contributed by atoms with Gasteiger partial charge in [-0.25, -0.2) is 4.39 Å². The normalized spacial score (nSPS) is 14.1. The maximum atomic E-state index is 12.9. The zero-order chi connectivity index (χ0) is 14.3. The Labute approximate surface area is 108 Å². The predicted octanol–water partition coefficient (Wildman–Crippen LogP) is 2.46. The topological polar surface area (TPSA) is 61.6 Å². The molecule has 0 atom stereocenters. The molecule has 0 radical (unpaired) electrons. The monoisotopic (exact) mass is 277 g/mol. The lowest BCUT2D eigenvalue weighted by Crippen LogP contribution is -2.25. The molecule has 19 heavy (non-hydrogen) atoms. The van der Waals surface area contributed by atoms with E-state index >= 15 is 0 Å². The van der Waals surface area contributed by atoms with Crippen LogP contribution in [0.15, 0.2) is 18.2 Å². The zero-order valence-electron chi connectivity index (χ0n) is 10.0. The standard InChI is InChI=1S/C11H11F3O2.CH3NO/c12-7-4-5-9(16-11(13)14)10(6-7)15-8-2-1-3-8;2-1-3/h4-6,8,11H,1-3H2;1H,(H2,2,3). The van der Waals surface area contributed by atoms with Crippen LogP contribution >= 0.6 is 0 Å². The summed E-state index contributed by atoms with van der Waals surface area (Å²) in [6, 6.07) is 3.27. The molecule has 0 heterocycles. The average molecular weight is 277 g/mol. The van der Waals surface area contributed by atoms with Crippen LogP contribution in [0, 0.1) is 5.82 Å². The molecule has 0 unspecified atom stereocenters. The Balaban J connectivity index is 0.000000550. The Hall–Kier alpha value is -1.92. The number of hydrogen-bond acceptors (Lipinski definition) is 3. The summed E-state index contributed by atoms with van der Waals surface area (Å²) in [6.45, 7) is -2.94. The van der Waals surface area contributed by atoms with Gasteiger partial charge in [0.05, 0.1) is 6.10 Å². The number of hydrogen-bond donors (Lipinski definition) is 1. The summed E-state index contributed by atoms with van der Waals surface area (Å²) < 4.78 is 46.7. The van der Waals surface area contributed by atoms with Crippen molar-refractivity contribution in [1.29, 1.82) is 0 Å². The van der Waals surface area contributed by atoms with E-state index in [1.54, 1.807) is 0 Å². The SMILES string of the molecule is Fc1ccc(OC(F)F)c(OC2CCC2)c1.NC=O. The van der Waals surface area contributed by atoms with E-state index in [4.69, 9.17) is 9.53 Å². The van der Waals surface area contributed by atoms with Gasteiger partial charge >= 0.3 is 6.61 Å². The molecule has 4 nitrogen and oxygen atoms in total. The molecular formula is C12H14F3NO3. The number of nitrogens with two attached hydrogens (primary N) is 1. The second-order valence-corrected chi connectivity index (χ2v) is 3.78. The number of ether oxygens (including phenoxy) is 2. The van der Waals surface area contributed by atoms with Crippen LogP contribution in [0.4, 0.5) is 13.2 Å². The second kappa shape index (κ2) is 7.50. The first-order chi connectivity index (χ1) is 9.06. The third-order valence-corrected chi connectivity index (χ3v) is 2.47. The van der Waals surface area contributed by atoms with Crippen LogP contribution in [0.3, 0.4) is 0 Å². The van der Waals surface area contributed by atoms with Crippen molar-refractivity contribution in [3.05, 3.63) is 24.0 Å². The summed E-state index contributed by atoms with van der Waals surface area (Å²) >= 11 is 0. The van der Waals surface area contributed by atoms with Crippen molar-refractivity contribution in [2.75, 3.05) is 0 Å². The van der Waals surface area contributed by atoms with E-state index in [1.165, 1.54) is 0 Å². The first kappa shape index (κ1) is 15.1. The van der Waals surface area contributed by atoms with Crippen molar-refractivity contribution >= 4 is 6.41 Å². The van der Waals surface area contributed by atoms with Gasteiger partial charge in [-0.1, -0.05) is 0 Å². The number of alkyl halides is 2. The smallest absolute Gasteiger partial charge is 0.387 e. The van der Waals surface area contributed by atoms with E-state index in [0.717, 1.165) is 37.5 Å². The molecule has 1 aliphatic carbocycles. The van der Waals surface area contributed by atoms with Gasteiger partial charge in [-0.05, 0) is 31.4 Å². The number of halogens is 3. The van der Waals surface area contributed by atoms with E-state index in [0.29, 0.717) is 0 Å². The largest absolute Gasteiger partial charge is 0.486 e. The van der Waals surface area contributed by atoms with E-state index in [2.05, 4.69) is 10.5 Å². The maximum Gasteiger partial charge on any atom is 0.387 e. The van der Waals surface area contributed by atoms with Crippen LogP contribution < -0.4 is 15.2 Å². The summed E-state index contributed by atoms with van der Waals surface area (Å²) in [4.78, 5) is 8.58. The maximum absolute atomic E-state index is 12.9. The molecule has 7 heteroatoms. The fourth-order valence-corrected chi connectivity index (χ4v) is 1.44. The quantitative estimate of drug-likeness (QED) is 0.860. The number of carbonyl (C=O) groups is 1. The van der Waals surface area contributed by atoms with Gasteiger partial charge < -0.3 is 15.2 Å². The molecule has 0 aromatic heterocycles. The Morgan fingerprint density at radius 3 is 2.42 bits per heavy atom. The Morgan fingerprint density at radius 1 is 1.32 bits per heavy atom. The molecule has 2 N–H and O–H groups in total. The molecule has 0 bridgehead atoms. The number of primary amides is 1. The number of benzene rings is 1. The van der Waals surface area contributed by atoms with Crippen molar-refractivity contribution in [3.8, 4) is 11.5 Å². The highest BCUT2D eigenvalue weighted by molar-refractivity contribution is 5.42. The summed E-state index contributed by atoms with van der Waals surface area (Å²) in [6.07, 6.45) is 3.02. The fourth-order valence-electron chi connectivity index (χ4n) is 1.44. The molecule has 106 valence electrons. The van der Waals surface area contributed by atoms with Gasteiger partial charge in [0.25, 0.3) is 0 Å². The molecule has 0 aliphatic heterocycles. The van der Waals surface area contributed by atoms with Crippen molar-refractivity contribution < 1.29 is 27.4 Å². The van der Waals surface area contributed by atoms with Gasteiger partial charge in [-0.3, -0.25) is 4.79 Å². The lowest BCUT2D eigenvalue weighted by molar-refractivity contribution is -0.106. The molecular weight excluding hydrogens is 263 g/mol. The van der Waals surface area contributed by atoms with Gasteiger partial charge in [0.2, 0.25) is 6.41 Å². The third kappa shape index (κ3) is 5.07. The molecule has 1 aromatic rings. The van der Waals surface area contributed by atoms with Crippen molar-refractivity contribution in [2.45, 2.75) is 32.0 Å². The van der Waals surface area contributed by atoms with Crippen molar-refractivity contribution in [2.24, 2.45) is 5.73 Å². The van der Waals surface area contributed by atoms with Gasteiger partial charge in [-0.2, -0.15) is 8.78 Å². The van der Waals surface area contributed by atoms with Gasteiger partial charge in [0, 0.05) is 6.07 Å². The number of rotatable bonds is 4. The van der Waals surface area contributed by atoms with Gasteiger partial charge in [-0.15, -0.1) is 0 Å². The summed E-state index contributed by atoms with van der Waals surface area (Å²) in [5.41, 5.74) is 4.17. The first-order valence-electron chi connectivity index (χ1n) is 5.63. The molecule has 1 saturated carbocycles. The minimum absolute atomic E-state index is 0.0122. The van der Waals surface area contributed by atoms with Crippen molar-refractivity contribution in [3.63, 3.8) is 0 Å². The first-order valence-corrected chi connectivity index (χ1v) is 5.63. The molecule has 1 fully saturated rings. The number of amides is 1. The summed E-state index contributed by atoms with van der Waals surface area (Å²) in [5.74, 6) is -0.607. The summed E-state index contributed by atoms with van der Waals surface area (Å²) in [5, 5.41) is 0.